The summed E-state index contributed by atoms with van der Waals surface area (Å²) >= 11 is 0. The summed E-state index contributed by atoms with van der Waals surface area (Å²) in [5, 5.41) is 0. The number of pyridine rings is 2. The molecule has 2 aromatic rings. The van der Waals surface area contributed by atoms with Crippen LogP contribution in [0.15, 0.2) is 36.7 Å². The summed E-state index contributed by atoms with van der Waals surface area (Å²) in [6.07, 6.45) is 3.13. The van der Waals surface area contributed by atoms with Crippen molar-refractivity contribution in [1.82, 2.24) is 9.97 Å². The maximum atomic E-state index is 13.8. The maximum absolute atomic E-state index is 13.8. The first-order valence-electron chi connectivity index (χ1n) is 5.46. The van der Waals surface area contributed by atoms with E-state index in [1.54, 1.807) is 31.5 Å². The Balaban J connectivity index is 2.34. The molecule has 4 nitrogen and oxygen atoms in total. The zero-order chi connectivity index (χ0) is 13.0. The molecule has 2 aromatic heterocycles. The Morgan fingerprint density at radius 1 is 1.28 bits per heavy atom. The molecule has 0 aliphatic heterocycles. The minimum atomic E-state index is -0.702. The van der Waals surface area contributed by atoms with Crippen LogP contribution in [-0.2, 0) is 4.74 Å². The summed E-state index contributed by atoms with van der Waals surface area (Å²) in [7, 11) is 0. The predicted molar refractivity (Wildman–Crippen MR) is 63.4 cm³/mol. The first kappa shape index (κ1) is 12.2. The molecule has 0 saturated heterocycles. The minimum Gasteiger partial charge on any atom is -0.461 e. The largest absolute Gasteiger partial charge is 0.461 e. The van der Waals surface area contributed by atoms with Crippen molar-refractivity contribution in [2.24, 2.45) is 0 Å². The van der Waals surface area contributed by atoms with Gasteiger partial charge in [-0.25, -0.2) is 9.78 Å². The smallest absolute Gasteiger partial charge is 0.357 e. The van der Waals surface area contributed by atoms with E-state index in [9.17, 15) is 9.18 Å². The Kier molecular flexibility index (Phi) is 3.62. The van der Waals surface area contributed by atoms with Gasteiger partial charge in [0.05, 0.1) is 6.61 Å². The van der Waals surface area contributed by atoms with Gasteiger partial charge in [0.15, 0.2) is 5.69 Å². The van der Waals surface area contributed by atoms with Crippen LogP contribution in [0.25, 0.3) is 11.1 Å². The number of halogens is 1. The molecule has 0 amide bonds. The van der Waals surface area contributed by atoms with Crippen LogP contribution in [0.1, 0.15) is 17.4 Å². The fourth-order valence-corrected chi connectivity index (χ4v) is 1.50. The molecule has 2 heterocycles. The average molecular weight is 246 g/mol. The molecule has 0 aromatic carbocycles. The second-order valence-corrected chi connectivity index (χ2v) is 3.49. The van der Waals surface area contributed by atoms with Crippen molar-refractivity contribution in [3.63, 3.8) is 0 Å². The number of carbonyl (C=O) groups is 1. The van der Waals surface area contributed by atoms with Crippen molar-refractivity contribution >= 4 is 5.97 Å². The lowest BCUT2D eigenvalue weighted by Crippen LogP contribution is -2.08. The predicted octanol–water partition coefficient (Wildman–Crippen LogP) is 2.46. The van der Waals surface area contributed by atoms with E-state index in [1.807, 2.05) is 0 Å². The van der Waals surface area contributed by atoms with Crippen LogP contribution in [0, 0.1) is 5.95 Å². The number of hydrogen-bond acceptors (Lipinski definition) is 4. The number of rotatable bonds is 3. The van der Waals surface area contributed by atoms with Gasteiger partial charge in [0.2, 0.25) is 5.95 Å². The molecule has 0 bridgehead atoms. The van der Waals surface area contributed by atoms with E-state index < -0.39 is 11.9 Å². The van der Waals surface area contributed by atoms with Gasteiger partial charge in [0.25, 0.3) is 0 Å². The molecule has 0 saturated carbocycles. The number of nitrogens with zero attached hydrogens (tertiary/aromatic N) is 2. The summed E-state index contributed by atoms with van der Waals surface area (Å²) in [6, 6.07) is 6.29. The number of esters is 1. The van der Waals surface area contributed by atoms with Crippen molar-refractivity contribution < 1.29 is 13.9 Å². The molecule has 0 fully saturated rings. The first-order valence-corrected chi connectivity index (χ1v) is 5.46. The molecule has 18 heavy (non-hydrogen) atoms. The van der Waals surface area contributed by atoms with E-state index in [4.69, 9.17) is 4.74 Å². The SMILES string of the molecule is CCOC(=O)c1ccc(-c2ccncc2)c(F)n1. The highest BCUT2D eigenvalue weighted by Crippen LogP contribution is 2.21. The van der Waals surface area contributed by atoms with Crippen molar-refractivity contribution in [3.05, 3.63) is 48.3 Å². The zero-order valence-corrected chi connectivity index (χ0v) is 9.76. The van der Waals surface area contributed by atoms with E-state index in [-0.39, 0.29) is 12.3 Å². The molecule has 5 heteroatoms. The van der Waals surface area contributed by atoms with Crippen LogP contribution in [0.2, 0.25) is 0 Å². The van der Waals surface area contributed by atoms with Gasteiger partial charge in [0.1, 0.15) is 0 Å². The minimum absolute atomic E-state index is 0.0350. The topological polar surface area (TPSA) is 52.1 Å². The van der Waals surface area contributed by atoms with E-state index in [0.29, 0.717) is 11.1 Å². The lowest BCUT2D eigenvalue weighted by Gasteiger charge is -2.05. The molecule has 0 atom stereocenters. The number of carbonyl (C=O) groups excluding carboxylic acids is 1. The molecule has 0 N–H and O–H groups in total. The number of aromatic nitrogens is 2. The fraction of sp³-hybridized carbons (Fsp3) is 0.154. The first-order chi connectivity index (χ1) is 8.72. The summed E-state index contributed by atoms with van der Waals surface area (Å²) < 4.78 is 18.5. The van der Waals surface area contributed by atoms with E-state index in [1.165, 1.54) is 12.1 Å². The third-order valence-corrected chi connectivity index (χ3v) is 2.32. The molecule has 92 valence electrons. The molecule has 0 spiro atoms. The fourth-order valence-electron chi connectivity index (χ4n) is 1.50. The molecule has 0 unspecified atom stereocenters. The number of ether oxygens (including phenoxy) is 1. The zero-order valence-electron chi connectivity index (χ0n) is 9.76. The molecule has 0 radical (unpaired) electrons. The second-order valence-electron chi connectivity index (χ2n) is 3.49. The van der Waals surface area contributed by atoms with Crippen LogP contribution in [-0.4, -0.2) is 22.5 Å². The van der Waals surface area contributed by atoms with E-state index >= 15 is 0 Å². The third-order valence-electron chi connectivity index (χ3n) is 2.32. The van der Waals surface area contributed by atoms with Crippen molar-refractivity contribution in [2.75, 3.05) is 6.61 Å². The highest BCUT2D eigenvalue weighted by molar-refractivity contribution is 5.87. The van der Waals surface area contributed by atoms with E-state index in [0.717, 1.165) is 0 Å². The van der Waals surface area contributed by atoms with Gasteiger partial charge in [-0.15, -0.1) is 0 Å². The highest BCUT2D eigenvalue weighted by atomic mass is 19.1. The van der Waals surface area contributed by atoms with Crippen LogP contribution >= 0.6 is 0 Å². The van der Waals surface area contributed by atoms with Gasteiger partial charge in [-0.3, -0.25) is 4.98 Å². The Hall–Kier alpha value is -2.30. The van der Waals surface area contributed by atoms with Crippen LogP contribution in [0.5, 0.6) is 0 Å². The van der Waals surface area contributed by atoms with Gasteiger partial charge in [0, 0.05) is 18.0 Å². The van der Waals surface area contributed by atoms with Gasteiger partial charge >= 0.3 is 5.97 Å². The molecular formula is C13H11FN2O2. The van der Waals surface area contributed by atoms with Crippen LogP contribution in [0.3, 0.4) is 0 Å². The standard InChI is InChI=1S/C13H11FN2O2/c1-2-18-13(17)11-4-3-10(12(14)16-11)9-5-7-15-8-6-9/h3-8H,2H2,1H3. The molecular weight excluding hydrogens is 235 g/mol. The summed E-state index contributed by atoms with van der Waals surface area (Å²) in [4.78, 5) is 18.8. The Bertz CT molecular complexity index is 558. The summed E-state index contributed by atoms with van der Waals surface area (Å²) in [5.74, 6) is -1.33. The Labute approximate surface area is 103 Å². The third kappa shape index (κ3) is 2.51. The van der Waals surface area contributed by atoms with Crippen molar-refractivity contribution in [3.8, 4) is 11.1 Å². The summed E-state index contributed by atoms with van der Waals surface area (Å²) in [6.45, 7) is 1.91. The van der Waals surface area contributed by atoms with Crippen molar-refractivity contribution in [2.45, 2.75) is 6.92 Å². The van der Waals surface area contributed by atoms with Gasteiger partial charge < -0.3 is 4.74 Å². The quantitative estimate of drug-likeness (QED) is 0.616. The van der Waals surface area contributed by atoms with Crippen molar-refractivity contribution in [1.29, 1.82) is 0 Å². The maximum Gasteiger partial charge on any atom is 0.357 e. The molecule has 2 rings (SSSR count). The van der Waals surface area contributed by atoms with Gasteiger partial charge in [-0.1, -0.05) is 0 Å². The molecule has 0 aliphatic carbocycles. The van der Waals surface area contributed by atoms with E-state index in [2.05, 4.69) is 9.97 Å². The Morgan fingerprint density at radius 2 is 2.00 bits per heavy atom. The van der Waals surface area contributed by atoms with Crippen LogP contribution in [0.4, 0.5) is 4.39 Å². The highest BCUT2D eigenvalue weighted by Gasteiger charge is 2.13. The summed E-state index contributed by atoms with van der Waals surface area (Å²) in [5.41, 5.74) is 0.947. The lowest BCUT2D eigenvalue weighted by atomic mass is 10.1. The molecule has 0 aliphatic rings. The second kappa shape index (κ2) is 5.35. The van der Waals surface area contributed by atoms with Crippen LogP contribution < -0.4 is 0 Å². The van der Waals surface area contributed by atoms with Gasteiger partial charge in [-0.2, -0.15) is 4.39 Å². The monoisotopic (exact) mass is 246 g/mol. The normalized spacial score (nSPS) is 10.1. The van der Waals surface area contributed by atoms with Gasteiger partial charge in [-0.05, 0) is 36.8 Å². The number of hydrogen-bond donors (Lipinski definition) is 0. The Morgan fingerprint density at radius 3 is 2.61 bits per heavy atom. The lowest BCUT2D eigenvalue weighted by molar-refractivity contribution is 0.0518. The average Bonchev–Trinajstić information content (AvgIpc) is 2.40.